The van der Waals surface area contributed by atoms with Crippen LogP contribution in [-0.2, 0) is 9.59 Å². The third kappa shape index (κ3) is 4.89. The van der Waals surface area contributed by atoms with Crippen LogP contribution in [0, 0.1) is 5.92 Å². The molecule has 190 valence electrons. The topological polar surface area (TPSA) is 79.3 Å². The van der Waals surface area contributed by atoms with E-state index in [2.05, 4.69) is 50.6 Å². The monoisotopic (exact) mass is 487 g/mol. The molecule has 0 bridgehead atoms. The standard InChI is InChI=1S/C29H37N5O2/c1-20(30-2)28(35)32-27(22-10-4-3-5-11-22)29(36)34-15-8-13-26(34)23-17-24(19-31-18-23)33-16-14-21-9-6-7-12-25(21)33/h6-7,9,12,14,16-20,22,26-27,30H,3-5,8,10-11,13,15H2,1-2H3,(H,32,35)/t20-,26-,27-/m0/s1. The number of carbonyl (C=O) groups excluding carboxylic acids is 2. The van der Waals surface area contributed by atoms with Crippen LogP contribution in [0.2, 0.25) is 0 Å². The number of nitrogens with zero attached hydrogens (tertiary/aromatic N) is 3. The molecule has 0 spiro atoms. The van der Waals surface area contributed by atoms with E-state index in [9.17, 15) is 9.59 Å². The molecule has 3 atom stereocenters. The minimum Gasteiger partial charge on any atom is -0.343 e. The van der Waals surface area contributed by atoms with Crippen LogP contribution in [0.1, 0.15) is 63.5 Å². The quantitative estimate of drug-likeness (QED) is 0.519. The Morgan fingerprint density at radius 2 is 1.83 bits per heavy atom. The number of para-hydroxylation sites is 1. The molecule has 0 radical (unpaired) electrons. The summed E-state index contributed by atoms with van der Waals surface area (Å²) in [5.74, 6) is 0.134. The number of pyridine rings is 1. The first-order valence-corrected chi connectivity index (χ1v) is 13.4. The van der Waals surface area contributed by atoms with Crippen molar-refractivity contribution in [2.45, 2.75) is 70.0 Å². The summed E-state index contributed by atoms with van der Waals surface area (Å²) in [6.07, 6.45) is 13.1. The van der Waals surface area contributed by atoms with Crippen LogP contribution in [0.25, 0.3) is 16.6 Å². The van der Waals surface area contributed by atoms with E-state index < -0.39 is 6.04 Å². The second-order valence-corrected chi connectivity index (χ2v) is 10.3. The first kappa shape index (κ1) is 24.5. The number of carbonyl (C=O) groups is 2. The summed E-state index contributed by atoms with van der Waals surface area (Å²) in [5, 5.41) is 7.31. The van der Waals surface area contributed by atoms with Gasteiger partial charge in [-0.3, -0.25) is 14.6 Å². The molecule has 36 heavy (non-hydrogen) atoms. The summed E-state index contributed by atoms with van der Waals surface area (Å²) in [7, 11) is 1.77. The van der Waals surface area contributed by atoms with Crippen molar-refractivity contribution in [2.75, 3.05) is 13.6 Å². The van der Waals surface area contributed by atoms with Gasteiger partial charge in [0, 0.05) is 18.9 Å². The molecule has 7 heteroatoms. The van der Waals surface area contributed by atoms with Crippen molar-refractivity contribution in [2.24, 2.45) is 5.92 Å². The van der Waals surface area contributed by atoms with E-state index in [0.29, 0.717) is 6.54 Å². The molecule has 2 aliphatic rings. The van der Waals surface area contributed by atoms with Gasteiger partial charge in [-0.25, -0.2) is 0 Å². The Labute approximate surface area is 213 Å². The highest BCUT2D eigenvalue weighted by molar-refractivity contribution is 5.90. The van der Waals surface area contributed by atoms with Crippen molar-refractivity contribution in [1.82, 2.24) is 25.1 Å². The first-order chi connectivity index (χ1) is 17.6. The van der Waals surface area contributed by atoms with Gasteiger partial charge in [0.25, 0.3) is 0 Å². The molecule has 3 heterocycles. The zero-order valence-electron chi connectivity index (χ0n) is 21.3. The molecule has 7 nitrogen and oxygen atoms in total. The van der Waals surface area contributed by atoms with Crippen LogP contribution in [-0.4, -0.2) is 51.9 Å². The van der Waals surface area contributed by atoms with Crippen molar-refractivity contribution in [3.8, 4) is 5.69 Å². The first-order valence-electron chi connectivity index (χ1n) is 13.4. The van der Waals surface area contributed by atoms with Crippen molar-refractivity contribution in [1.29, 1.82) is 0 Å². The Hall–Kier alpha value is -3.19. The van der Waals surface area contributed by atoms with Gasteiger partial charge in [0.15, 0.2) is 0 Å². The predicted molar refractivity (Wildman–Crippen MR) is 142 cm³/mol. The van der Waals surface area contributed by atoms with Crippen LogP contribution < -0.4 is 10.6 Å². The van der Waals surface area contributed by atoms with E-state index in [1.54, 1.807) is 7.05 Å². The number of likely N-dealkylation sites (tertiary alicyclic amines) is 1. The Bertz CT molecular complexity index is 1220. The molecule has 2 N–H and O–H groups in total. The predicted octanol–water partition coefficient (Wildman–Crippen LogP) is 4.36. The van der Waals surface area contributed by atoms with Crippen molar-refractivity contribution >= 4 is 22.7 Å². The maximum atomic E-state index is 14.0. The lowest BCUT2D eigenvalue weighted by Crippen LogP contribution is -2.55. The molecule has 2 fully saturated rings. The fourth-order valence-corrected chi connectivity index (χ4v) is 5.88. The Morgan fingerprint density at radius 1 is 1.03 bits per heavy atom. The summed E-state index contributed by atoms with van der Waals surface area (Å²) < 4.78 is 2.15. The number of rotatable bonds is 7. The van der Waals surface area contributed by atoms with Crippen LogP contribution in [0.3, 0.4) is 0 Å². The molecule has 1 aliphatic heterocycles. The molecule has 2 aromatic heterocycles. The van der Waals surface area contributed by atoms with Crippen LogP contribution in [0.5, 0.6) is 0 Å². The van der Waals surface area contributed by atoms with Crippen LogP contribution in [0.15, 0.2) is 55.0 Å². The van der Waals surface area contributed by atoms with Gasteiger partial charge < -0.3 is 20.1 Å². The summed E-state index contributed by atoms with van der Waals surface area (Å²) in [4.78, 5) is 33.4. The van der Waals surface area contributed by atoms with Gasteiger partial charge in [0.05, 0.1) is 29.5 Å². The van der Waals surface area contributed by atoms with Crippen LogP contribution >= 0.6 is 0 Å². The van der Waals surface area contributed by atoms with Gasteiger partial charge >= 0.3 is 0 Å². The largest absolute Gasteiger partial charge is 0.343 e. The fourth-order valence-electron chi connectivity index (χ4n) is 5.88. The summed E-state index contributed by atoms with van der Waals surface area (Å²) in [6.45, 7) is 2.54. The highest BCUT2D eigenvalue weighted by Gasteiger charge is 2.39. The average Bonchev–Trinajstić information content (AvgIpc) is 3.59. The van der Waals surface area contributed by atoms with Gasteiger partial charge in [-0.05, 0) is 74.7 Å². The SMILES string of the molecule is CN[C@@H](C)C(=O)N[C@H](C(=O)N1CCC[C@H]1c1cncc(-n2ccc3ccccc32)c1)C1CCCCC1. The fraction of sp³-hybridized carbons (Fsp3) is 0.483. The molecule has 2 amide bonds. The Balaban J connectivity index is 1.41. The van der Waals surface area contributed by atoms with Crippen LogP contribution in [0.4, 0.5) is 0 Å². The molecule has 0 unspecified atom stereocenters. The van der Waals surface area contributed by atoms with E-state index in [-0.39, 0.29) is 29.8 Å². The van der Waals surface area contributed by atoms with Gasteiger partial charge in [0.2, 0.25) is 11.8 Å². The zero-order valence-corrected chi connectivity index (χ0v) is 21.3. The Morgan fingerprint density at radius 3 is 2.64 bits per heavy atom. The van der Waals surface area contributed by atoms with Gasteiger partial charge in [-0.1, -0.05) is 37.5 Å². The molecular weight excluding hydrogens is 450 g/mol. The third-order valence-electron chi connectivity index (χ3n) is 8.05. The number of hydrogen-bond acceptors (Lipinski definition) is 4. The van der Waals surface area contributed by atoms with Crippen molar-refractivity contribution in [3.05, 3.63) is 60.6 Å². The van der Waals surface area contributed by atoms with E-state index in [4.69, 9.17) is 0 Å². The second kappa shape index (κ2) is 10.8. The zero-order chi connectivity index (χ0) is 25.1. The second-order valence-electron chi connectivity index (χ2n) is 10.3. The smallest absolute Gasteiger partial charge is 0.245 e. The summed E-state index contributed by atoms with van der Waals surface area (Å²) >= 11 is 0. The molecular formula is C29H37N5O2. The molecule has 5 rings (SSSR count). The molecule has 3 aromatic rings. The minimum absolute atomic E-state index is 0.0310. The van der Waals surface area contributed by atoms with E-state index >= 15 is 0 Å². The van der Waals surface area contributed by atoms with Crippen molar-refractivity contribution in [3.63, 3.8) is 0 Å². The summed E-state index contributed by atoms with van der Waals surface area (Å²) in [6, 6.07) is 11.7. The Kier molecular flexibility index (Phi) is 7.37. The molecule has 1 saturated carbocycles. The minimum atomic E-state index is -0.473. The molecule has 1 aromatic carbocycles. The van der Waals surface area contributed by atoms with Crippen molar-refractivity contribution < 1.29 is 9.59 Å². The maximum absolute atomic E-state index is 14.0. The van der Waals surface area contributed by atoms with E-state index in [0.717, 1.165) is 55.3 Å². The van der Waals surface area contributed by atoms with E-state index in [1.807, 2.05) is 36.4 Å². The number of fused-ring (bicyclic) bond motifs is 1. The highest BCUT2D eigenvalue weighted by Crippen LogP contribution is 2.35. The van der Waals surface area contributed by atoms with Gasteiger partial charge in [0.1, 0.15) is 6.04 Å². The lowest BCUT2D eigenvalue weighted by atomic mass is 9.83. The number of nitrogens with one attached hydrogen (secondary N) is 2. The average molecular weight is 488 g/mol. The number of amides is 2. The number of aromatic nitrogens is 2. The van der Waals surface area contributed by atoms with E-state index in [1.165, 1.54) is 11.8 Å². The number of hydrogen-bond donors (Lipinski definition) is 2. The summed E-state index contributed by atoms with van der Waals surface area (Å²) in [5.41, 5.74) is 3.18. The maximum Gasteiger partial charge on any atom is 0.245 e. The lowest BCUT2D eigenvalue weighted by molar-refractivity contribution is -0.139. The highest BCUT2D eigenvalue weighted by atomic mass is 16.2. The van der Waals surface area contributed by atoms with Gasteiger partial charge in [-0.2, -0.15) is 0 Å². The third-order valence-corrected chi connectivity index (χ3v) is 8.05. The normalized spacial score (nSPS) is 20.4. The molecule has 1 saturated heterocycles. The lowest BCUT2D eigenvalue weighted by Gasteiger charge is -2.35. The number of benzene rings is 1. The molecule has 1 aliphatic carbocycles. The number of likely N-dealkylation sites (N-methyl/N-ethyl adjacent to an activating group) is 1. The van der Waals surface area contributed by atoms with Gasteiger partial charge in [-0.15, -0.1) is 0 Å².